The van der Waals surface area contributed by atoms with Crippen LogP contribution in [0.3, 0.4) is 0 Å². The van der Waals surface area contributed by atoms with Gasteiger partial charge in [-0.2, -0.15) is 5.10 Å². The third-order valence-corrected chi connectivity index (χ3v) is 13.7. The van der Waals surface area contributed by atoms with E-state index in [9.17, 15) is 45.0 Å². The summed E-state index contributed by atoms with van der Waals surface area (Å²) < 4.78 is 23.8. The van der Waals surface area contributed by atoms with E-state index in [1.807, 2.05) is 31.0 Å². The first-order valence-corrected chi connectivity index (χ1v) is 22.9. The number of hydrogen-bond acceptors (Lipinski definition) is 16. The van der Waals surface area contributed by atoms with Crippen LogP contribution in [0.15, 0.2) is 65.5 Å². The summed E-state index contributed by atoms with van der Waals surface area (Å²) >= 11 is 0. The number of anilines is 1. The Morgan fingerprint density at radius 2 is 1.57 bits per heavy atom. The molecule has 0 radical (unpaired) electrons. The van der Waals surface area contributed by atoms with E-state index in [0.29, 0.717) is 19.6 Å². The summed E-state index contributed by atoms with van der Waals surface area (Å²) in [5, 5.41) is 78.4. The molecule has 11 atom stereocenters. The van der Waals surface area contributed by atoms with Crippen molar-refractivity contribution in [3.8, 4) is 28.7 Å². The third kappa shape index (κ3) is 10.0. The maximum atomic E-state index is 14.6. The molecule has 4 aliphatic rings. The molecule has 0 spiro atoms. The van der Waals surface area contributed by atoms with Gasteiger partial charge in [0.05, 0.1) is 65.1 Å². The maximum absolute atomic E-state index is 14.6. The highest BCUT2D eigenvalue weighted by Gasteiger charge is 2.50. The summed E-state index contributed by atoms with van der Waals surface area (Å²) in [5.41, 5.74) is 0.274. The number of ketones is 1. The smallest absolute Gasteiger partial charge is 0.312 e. The molecular formula is C51H66N4O13. The number of nitrogens with zero attached hydrogens (tertiary/aromatic N) is 3. The largest absolute Gasteiger partial charge is 0.508 e. The Morgan fingerprint density at radius 3 is 2.21 bits per heavy atom. The average molecular weight is 943 g/mol. The number of hydrazone groups is 1. The van der Waals surface area contributed by atoms with Gasteiger partial charge in [-0.1, -0.05) is 64.1 Å². The molecule has 368 valence electrons. The SMILES string of the molecule is CO[C@@H]1C=CO[C@@]2(C)Oc3c(C)c(O)c4c(O)c(c(C=NN5[C@H](C)CN(Cc6ccccc6O)C[C@@H]5C)c(O)c4c3C2=O)NC(=O)C(C)=CC=C[C@H](C)[C@H](O)[C@H](C)[C@H](O)[C@H](C)[C@H](OC(C)=O)[C@@H]1C. The molecule has 1 fully saturated rings. The van der Waals surface area contributed by atoms with Gasteiger partial charge in [0.15, 0.2) is 5.75 Å². The molecule has 4 heterocycles. The van der Waals surface area contributed by atoms with Gasteiger partial charge in [-0.05, 0) is 39.8 Å². The number of phenols is 4. The number of aliphatic hydroxyl groups excluding tert-OH is 2. The summed E-state index contributed by atoms with van der Waals surface area (Å²) in [6.07, 6.45) is 4.75. The monoisotopic (exact) mass is 942 g/mol. The van der Waals surface area contributed by atoms with Crippen LogP contribution >= 0.6 is 0 Å². The zero-order chi connectivity index (χ0) is 50.1. The van der Waals surface area contributed by atoms with Gasteiger partial charge in [-0.3, -0.25) is 24.3 Å². The molecule has 1 saturated heterocycles. The number of rotatable bonds is 6. The van der Waals surface area contributed by atoms with Crippen LogP contribution in [-0.2, 0) is 30.3 Å². The lowest BCUT2D eigenvalue weighted by molar-refractivity contribution is -0.160. The maximum Gasteiger partial charge on any atom is 0.312 e. The number of carbonyl (C=O) groups is 3. The minimum absolute atomic E-state index is 0.0346. The lowest BCUT2D eigenvalue weighted by Crippen LogP contribution is -2.54. The number of nitrogens with one attached hydrogen (secondary N) is 1. The average Bonchev–Trinajstić information content (AvgIpc) is 3.55. The number of fused-ring (bicyclic) bond motifs is 14. The van der Waals surface area contributed by atoms with Gasteiger partial charge in [-0.15, -0.1) is 0 Å². The topological polar surface area (TPSA) is 240 Å². The molecular weight excluding hydrogens is 877 g/mol. The molecule has 3 aromatic carbocycles. The van der Waals surface area contributed by atoms with Gasteiger partial charge >= 0.3 is 11.8 Å². The first-order valence-electron chi connectivity index (χ1n) is 22.9. The zero-order valence-electron chi connectivity index (χ0n) is 40.6. The van der Waals surface area contributed by atoms with E-state index >= 15 is 0 Å². The number of ether oxygens (including phenoxy) is 4. The number of phenolic OH excluding ortho intramolecular Hbond substituents is 4. The van der Waals surface area contributed by atoms with Crippen molar-refractivity contribution < 1.29 is 64.0 Å². The molecule has 0 saturated carbocycles. The molecule has 4 aliphatic heterocycles. The number of aliphatic hydroxyl groups is 2. The van der Waals surface area contributed by atoms with Crippen LogP contribution in [0, 0.1) is 30.6 Å². The van der Waals surface area contributed by atoms with Crippen molar-refractivity contribution in [3.63, 3.8) is 0 Å². The number of aromatic hydroxyl groups is 4. The van der Waals surface area contributed by atoms with Crippen LogP contribution in [0.4, 0.5) is 5.69 Å². The first-order chi connectivity index (χ1) is 32.0. The Balaban J connectivity index is 1.48. The number of esters is 1. The zero-order valence-corrected chi connectivity index (χ0v) is 40.6. The third-order valence-electron chi connectivity index (χ3n) is 13.7. The van der Waals surface area contributed by atoms with E-state index in [1.54, 1.807) is 52.0 Å². The Hall–Kier alpha value is -6.14. The van der Waals surface area contributed by atoms with Crippen LogP contribution in [0.25, 0.3) is 10.8 Å². The molecule has 17 heteroatoms. The number of methoxy groups -OCH3 is 1. The molecule has 3 aromatic rings. The summed E-state index contributed by atoms with van der Waals surface area (Å²) in [6.45, 7) is 18.0. The lowest BCUT2D eigenvalue weighted by atomic mass is 9.78. The minimum atomic E-state index is -2.08. The predicted molar refractivity (Wildman–Crippen MR) is 256 cm³/mol. The van der Waals surface area contributed by atoms with Gasteiger partial charge in [0.2, 0.25) is 0 Å². The van der Waals surface area contributed by atoms with E-state index in [2.05, 4.69) is 10.2 Å². The Bertz CT molecular complexity index is 2530. The number of amides is 1. The van der Waals surface area contributed by atoms with E-state index in [-0.39, 0.29) is 62.3 Å². The van der Waals surface area contributed by atoms with Crippen molar-refractivity contribution in [2.45, 2.75) is 118 Å². The number of allylic oxidation sites excluding steroid dienone is 2. The number of piperazine rings is 1. The number of benzene rings is 3. The van der Waals surface area contributed by atoms with E-state index in [0.717, 1.165) is 5.56 Å². The standard InChI is InChI=1S/C51H66N4O13/c1-25-15-14-16-26(2)50(64)53-41-35(21-52-55-27(3)22-54(23-28(55)4)24-34-17-12-13-18-36(34)57)45(61)38-39(46(41)62)44(60)32(8)48-40(38)49(63)51(10,68-48)66-20-19-37(65-11)29(5)47(67-33(9)56)31(7)43(59)30(6)42(25)58/h12-21,25,27-31,37,42-43,47,57-62H,22-24H2,1-11H3,(H,53,64)/t25-,27-,28+,29+,30-,31-,37+,42-,43-,47+,51-/m0/s1. The second-order valence-corrected chi connectivity index (χ2v) is 18.8. The van der Waals surface area contributed by atoms with Gasteiger partial charge in [0.25, 0.3) is 11.7 Å². The van der Waals surface area contributed by atoms with Gasteiger partial charge in [0, 0.05) is 86.3 Å². The van der Waals surface area contributed by atoms with Crippen molar-refractivity contribution in [1.29, 1.82) is 0 Å². The normalized spacial score (nSPS) is 29.8. The first kappa shape index (κ1) is 51.3. The number of para-hydroxylation sites is 1. The Morgan fingerprint density at radius 1 is 0.912 bits per heavy atom. The fourth-order valence-electron chi connectivity index (χ4n) is 9.66. The van der Waals surface area contributed by atoms with Crippen LogP contribution in [-0.4, -0.2) is 127 Å². The van der Waals surface area contributed by atoms with Crippen molar-refractivity contribution in [1.82, 2.24) is 9.91 Å². The fourth-order valence-corrected chi connectivity index (χ4v) is 9.66. The molecule has 7 N–H and O–H groups in total. The van der Waals surface area contributed by atoms with Gasteiger partial charge < -0.3 is 54.9 Å². The fraction of sp³-hybridized carbons (Fsp3) is 0.490. The Kier molecular flexibility index (Phi) is 15.5. The van der Waals surface area contributed by atoms with Crippen LogP contribution < -0.4 is 10.1 Å². The molecule has 0 aliphatic carbocycles. The summed E-state index contributed by atoms with van der Waals surface area (Å²) in [5.74, 6) is -8.45. The molecule has 0 unspecified atom stereocenters. The molecule has 5 bridgehead atoms. The highest BCUT2D eigenvalue weighted by Crippen LogP contribution is 2.55. The van der Waals surface area contributed by atoms with Crippen molar-refractivity contribution in [2.24, 2.45) is 28.8 Å². The van der Waals surface area contributed by atoms with E-state index < -0.39 is 88.8 Å². The molecule has 17 nitrogen and oxygen atoms in total. The summed E-state index contributed by atoms with van der Waals surface area (Å²) in [4.78, 5) is 43.2. The lowest BCUT2D eigenvalue weighted by Gasteiger charge is -2.43. The van der Waals surface area contributed by atoms with Crippen LogP contribution in [0.5, 0.6) is 28.7 Å². The summed E-state index contributed by atoms with van der Waals surface area (Å²) in [7, 11) is 1.43. The minimum Gasteiger partial charge on any atom is -0.508 e. The second kappa shape index (κ2) is 20.6. The van der Waals surface area contributed by atoms with Crippen molar-refractivity contribution >= 4 is 40.3 Å². The van der Waals surface area contributed by atoms with Gasteiger partial charge in [0.1, 0.15) is 29.1 Å². The van der Waals surface area contributed by atoms with Crippen molar-refractivity contribution in [3.05, 3.63) is 82.7 Å². The molecule has 7 rings (SSSR count). The highest BCUT2D eigenvalue weighted by molar-refractivity contribution is 6.23. The number of hydrogen-bond donors (Lipinski definition) is 7. The quantitative estimate of drug-likeness (QED) is 0.0614. The predicted octanol–water partition coefficient (Wildman–Crippen LogP) is 6.39. The van der Waals surface area contributed by atoms with Crippen LogP contribution in [0.1, 0.15) is 89.4 Å². The Labute approximate surface area is 396 Å². The van der Waals surface area contributed by atoms with Gasteiger partial charge in [-0.25, -0.2) is 0 Å². The van der Waals surface area contributed by atoms with E-state index in [4.69, 9.17) is 24.0 Å². The second-order valence-electron chi connectivity index (χ2n) is 18.8. The molecule has 1 amide bonds. The number of carbonyl (C=O) groups excluding carboxylic acids is 3. The van der Waals surface area contributed by atoms with Crippen molar-refractivity contribution in [2.75, 3.05) is 25.5 Å². The van der Waals surface area contributed by atoms with Crippen LogP contribution in [0.2, 0.25) is 0 Å². The van der Waals surface area contributed by atoms with E-state index in [1.165, 1.54) is 59.4 Å². The molecule has 68 heavy (non-hydrogen) atoms. The summed E-state index contributed by atoms with van der Waals surface area (Å²) in [6, 6.07) is 6.75. The number of Topliss-reactive ketones (excluding diaryl/α,β-unsaturated/α-hetero) is 1. The molecule has 0 aromatic heterocycles. The highest BCUT2D eigenvalue weighted by atomic mass is 16.7.